The number of benzene rings is 6. The molecule has 0 heterocycles. The van der Waals surface area contributed by atoms with Crippen LogP contribution in [0, 0.1) is 6.92 Å². The number of esters is 8. The van der Waals surface area contributed by atoms with E-state index >= 15 is 0 Å². The summed E-state index contributed by atoms with van der Waals surface area (Å²) in [6, 6.07) is 41.1. The molecule has 0 aromatic heterocycles. The van der Waals surface area contributed by atoms with E-state index in [0.717, 1.165) is 33.8 Å². The van der Waals surface area contributed by atoms with Crippen LogP contribution >= 0.6 is 0 Å². The van der Waals surface area contributed by atoms with Crippen molar-refractivity contribution in [1.29, 1.82) is 0 Å². The van der Waals surface area contributed by atoms with E-state index in [4.69, 9.17) is 42.6 Å². The van der Waals surface area contributed by atoms with E-state index in [1.165, 1.54) is 0 Å². The number of carbonyl (C=O) groups is 8. The van der Waals surface area contributed by atoms with E-state index in [-0.39, 0.29) is 101 Å². The first-order chi connectivity index (χ1) is 42.7. The molecule has 0 radical (unpaired) electrons. The molecule has 464 valence electrons. The van der Waals surface area contributed by atoms with Crippen LogP contribution in [-0.2, 0) is 102 Å². The summed E-state index contributed by atoms with van der Waals surface area (Å²) in [5.41, 5.74) is 9.48. The Bertz CT molecular complexity index is 3390. The lowest BCUT2D eigenvalue weighted by Gasteiger charge is -2.28. The Labute approximate surface area is 517 Å². The van der Waals surface area contributed by atoms with Crippen molar-refractivity contribution in [3.63, 3.8) is 0 Å². The summed E-state index contributed by atoms with van der Waals surface area (Å²) in [5, 5.41) is 0. The molecule has 0 bridgehead atoms. The fourth-order valence-electron chi connectivity index (χ4n) is 8.74. The maximum atomic E-state index is 12.9. The van der Waals surface area contributed by atoms with Gasteiger partial charge in [-0.25, -0.2) is 19.2 Å². The highest BCUT2D eigenvalue weighted by atomic mass is 16.6. The predicted molar refractivity (Wildman–Crippen MR) is 334 cm³/mol. The van der Waals surface area contributed by atoms with Crippen LogP contribution in [0.5, 0.6) is 5.75 Å². The van der Waals surface area contributed by atoms with Gasteiger partial charge < -0.3 is 52.4 Å². The van der Waals surface area contributed by atoms with Gasteiger partial charge in [0, 0.05) is 28.4 Å². The minimum Gasteiger partial charge on any atom is -0.495 e. The Morgan fingerprint density at radius 2 is 0.607 bits per heavy atom. The minimum absolute atomic E-state index is 0.0162. The summed E-state index contributed by atoms with van der Waals surface area (Å²) in [6.45, 7) is 22.6. The lowest BCUT2D eigenvalue weighted by molar-refractivity contribution is -0.145. The van der Waals surface area contributed by atoms with Gasteiger partial charge in [-0.1, -0.05) is 87.0 Å². The highest BCUT2D eigenvalue weighted by Crippen LogP contribution is 2.44. The monoisotopic (exact) mass is 1210 g/mol. The molecule has 0 spiro atoms. The molecule has 89 heavy (non-hydrogen) atoms. The second kappa shape index (κ2) is 33.4. The van der Waals surface area contributed by atoms with E-state index in [1.54, 1.807) is 83.3 Å². The number of ether oxygens (including phenoxy) is 9. The molecule has 6 aromatic carbocycles. The standard InChI is InChI=1S/C70H72N2O17/c1-11-82-67(77)46(6)41-86-63(73)36-50-15-25-56(26-16-50)71(57-27-17-51(18-28-57)37-64(74)87-42-47(7)68(78)83-12-2)60-33-23-54(35-45(60)5)55-24-34-61(62(40-55)81-10)72(58-29-19-52(20-30-58)38-65(75)88-43-48(8)69(79)84-13-3)59-31-21-53(22-32-59)39-66(76)89-44-49(9)70(80)85-14-4/h15-35,40H,6-9,11-14,36-39,41-44H2,1-5,10H3. The first kappa shape index (κ1) is 67.6. The smallest absolute Gasteiger partial charge is 0.336 e. The van der Waals surface area contributed by atoms with Gasteiger partial charge in [0.1, 0.15) is 32.2 Å². The number of carbonyl (C=O) groups excluding carboxylic acids is 8. The average Bonchev–Trinajstić information content (AvgIpc) is 2.22. The Balaban J connectivity index is 1.31. The second-order valence-corrected chi connectivity index (χ2v) is 19.9. The third-order valence-electron chi connectivity index (χ3n) is 13.2. The lowest BCUT2D eigenvalue weighted by Crippen LogP contribution is -2.16. The second-order valence-electron chi connectivity index (χ2n) is 19.9. The molecule has 0 atom stereocenters. The average molecular weight is 1210 g/mol. The summed E-state index contributed by atoms with van der Waals surface area (Å²) in [5.74, 6) is -4.34. The number of hydrogen-bond acceptors (Lipinski definition) is 19. The van der Waals surface area contributed by atoms with Crippen molar-refractivity contribution in [1.82, 2.24) is 0 Å². The maximum absolute atomic E-state index is 12.9. The number of hydrogen-bond donors (Lipinski definition) is 0. The first-order valence-corrected chi connectivity index (χ1v) is 28.5. The van der Waals surface area contributed by atoms with Gasteiger partial charge in [0.05, 0.1) is 87.2 Å². The van der Waals surface area contributed by atoms with Crippen molar-refractivity contribution in [3.8, 4) is 16.9 Å². The summed E-state index contributed by atoms with van der Waals surface area (Å²) in [4.78, 5) is 104. The summed E-state index contributed by atoms with van der Waals surface area (Å²) in [7, 11) is 1.57. The highest BCUT2D eigenvalue weighted by molar-refractivity contribution is 5.91. The maximum Gasteiger partial charge on any atom is 0.336 e. The van der Waals surface area contributed by atoms with E-state index in [1.807, 2.05) is 102 Å². The molecule has 0 unspecified atom stereocenters. The van der Waals surface area contributed by atoms with Crippen LogP contribution in [0.3, 0.4) is 0 Å². The molecule has 0 amide bonds. The zero-order valence-corrected chi connectivity index (χ0v) is 50.9. The SMILES string of the molecule is C=C(COC(=O)Cc1ccc(N(c2ccc(CC(=O)OCC(=C)C(=O)OCC)cc2)c2ccc(-c3ccc(N(c4ccc(CC(=O)OCC(=C)C(=O)OCC)cc4)c4ccc(CC(=O)OCC(=C)C(=O)OCC)cc4)c(OC)c3)cc2C)cc1)C(=O)OCC. The minimum atomic E-state index is -0.646. The first-order valence-electron chi connectivity index (χ1n) is 28.5. The molecule has 19 nitrogen and oxygen atoms in total. The van der Waals surface area contributed by atoms with E-state index < -0.39 is 47.8 Å². The molecule has 19 heteroatoms. The van der Waals surface area contributed by atoms with Crippen molar-refractivity contribution < 1.29 is 81.0 Å². The van der Waals surface area contributed by atoms with Gasteiger partial charge in [-0.15, -0.1) is 0 Å². The van der Waals surface area contributed by atoms with E-state index in [2.05, 4.69) is 26.3 Å². The summed E-state index contributed by atoms with van der Waals surface area (Å²) >= 11 is 0. The molecule has 0 aliphatic heterocycles. The molecule has 6 rings (SSSR count). The Hall–Kier alpha value is -10.6. The van der Waals surface area contributed by atoms with Crippen molar-refractivity contribution in [2.45, 2.75) is 60.3 Å². The van der Waals surface area contributed by atoms with Crippen molar-refractivity contribution >= 4 is 81.9 Å². The largest absolute Gasteiger partial charge is 0.495 e. The fourth-order valence-corrected chi connectivity index (χ4v) is 8.74. The number of anilines is 6. The molecule has 0 saturated carbocycles. The summed E-state index contributed by atoms with van der Waals surface area (Å²) in [6.07, 6.45) is -0.325. The normalized spacial score (nSPS) is 10.5. The molecular weight excluding hydrogens is 1140 g/mol. The van der Waals surface area contributed by atoms with E-state index in [0.29, 0.717) is 45.1 Å². The fraction of sp³-hybridized carbons (Fsp3) is 0.257. The Morgan fingerprint density at radius 1 is 0.348 bits per heavy atom. The molecule has 0 aliphatic carbocycles. The Morgan fingerprint density at radius 3 is 0.865 bits per heavy atom. The molecule has 0 aliphatic rings. The lowest BCUT2D eigenvalue weighted by atomic mass is 9.99. The topological polar surface area (TPSA) is 226 Å². The number of methoxy groups -OCH3 is 1. The van der Waals surface area contributed by atoms with Gasteiger partial charge in [-0.2, -0.15) is 0 Å². The van der Waals surface area contributed by atoms with Gasteiger partial charge >= 0.3 is 47.8 Å². The third-order valence-corrected chi connectivity index (χ3v) is 13.2. The van der Waals surface area contributed by atoms with Gasteiger partial charge in [-0.05, 0) is 146 Å². The van der Waals surface area contributed by atoms with Crippen LogP contribution in [0.25, 0.3) is 11.1 Å². The number of aryl methyl sites for hydroxylation is 1. The van der Waals surface area contributed by atoms with Crippen molar-refractivity contribution in [3.05, 3.63) is 210 Å². The number of nitrogens with zero attached hydrogens (tertiary/aromatic N) is 2. The van der Waals surface area contributed by atoms with Gasteiger partial charge in [-0.3, -0.25) is 19.2 Å². The third kappa shape index (κ3) is 19.7. The van der Waals surface area contributed by atoms with Gasteiger partial charge in [0.2, 0.25) is 0 Å². The highest BCUT2D eigenvalue weighted by Gasteiger charge is 2.23. The zero-order chi connectivity index (χ0) is 64.6. The van der Waals surface area contributed by atoms with Crippen LogP contribution in [0.4, 0.5) is 34.1 Å². The number of rotatable bonds is 32. The molecular formula is C70H72N2O17. The quantitative estimate of drug-likeness (QED) is 0.0217. The molecule has 0 saturated heterocycles. The Kier molecular flexibility index (Phi) is 25.3. The van der Waals surface area contributed by atoms with Gasteiger partial charge in [0.15, 0.2) is 0 Å². The predicted octanol–water partition coefficient (Wildman–Crippen LogP) is 11.4. The zero-order valence-electron chi connectivity index (χ0n) is 50.9. The van der Waals surface area contributed by atoms with Crippen molar-refractivity contribution in [2.24, 2.45) is 0 Å². The molecule has 0 fully saturated rings. The van der Waals surface area contributed by atoms with Crippen LogP contribution in [0.2, 0.25) is 0 Å². The van der Waals surface area contributed by atoms with Crippen LogP contribution < -0.4 is 14.5 Å². The molecule has 6 aromatic rings. The molecule has 0 N–H and O–H groups in total. The van der Waals surface area contributed by atoms with Crippen LogP contribution in [0.15, 0.2) is 182 Å². The van der Waals surface area contributed by atoms with Crippen LogP contribution in [-0.4, -0.2) is 108 Å². The van der Waals surface area contributed by atoms with E-state index in [9.17, 15) is 38.4 Å². The summed E-state index contributed by atoms with van der Waals surface area (Å²) < 4.78 is 47.2. The van der Waals surface area contributed by atoms with Crippen molar-refractivity contribution in [2.75, 3.05) is 69.8 Å². The van der Waals surface area contributed by atoms with Gasteiger partial charge in [0.25, 0.3) is 0 Å². The van der Waals surface area contributed by atoms with Crippen LogP contribution in [0.1, 0.15) is 55.5 Å².